The lowest BCUT2D eigenvalue weighted by Gasteiger charge is -2.44. The van der Waals surface area contributed by atoms with Crippen molar-refractivity contribution in [3.63, 3.8) is 0 Å². The second-order valence-corrected chi connectivity index (χ2v) is 11.0. The molecule has 2 atom stereocenters. The van der Waals surface area contributed by atoms with E-state index >= 15 is 0 Å². The number of nitrogens with one attached hydrogen (secondary N) is 1. The van der Waals surface area contributed by atoms with Crippen LogP contribution in [0.15, 0.2) is 42.5 Å². The van der Waals surface area contributed by atoms with Crippen LogP contribution in [-0.2, 0) is 11.2 Å². The van der Waals surface area contributed by atoms with Gasteiger partial charge in [0.2, 0.25) is 0 Å². The molecule has 1 aliphatic carbocycles. The number of nitrogens with zero attached hydrogens (tertiary/aromatic N) is 1. The summed E-state index contributed by atoms with van der Waals surface area (Å²) < 4.78 is 11.8. The zero-order valence-corrected chi connectivity index (χ0v) is 21.7. The summed E-state index contributed by atoms with van der Waals surface area (Å²) in [5, 5.41) is 3.32. The fourth-order valence-electron chi connectivity index (χ4n) is 6.50. The van der Waals surface area contributed by atoms with Gasteiger partial charge in [0.25, 0.3) is 0 Å². The lowest BCUT2D eigenvalue weighted by molar-refractivity contribution is -0.0353. The summed E-state index contributed by atoms with van der Waals surface area (Å²) in [5.74, 6) is 1.41. The number of rotatable bonds is 7. The average Bonchev–Trinajstić information content (AvgIpc) is 3.17. The number of amides is 1. The van der Waals surface area contributed by atoms with E-state index in [1.165, 1.54) is 22.3 Å². The Balaban J connectivity index is 1.34. The highest BCUT2D eigenvalue weighted by Crippen LogP contribution is 2.51. The van der Waals surface area contributed by atoms with E-state index in [0.29, 0.717) is 5.92 Å². The van der Waals surface area contributed by atoms with Crippen molar-refractivity contribution >= 4 is 6.09 Å². The van der Waals surface area contributed by atoms with Gasteiger partial charge in [-0.3, -0.25) is 4.90 Å². The highest BCUT2D eigenvalue weighted by Gasteiger charge is 2.45. The molecule has 3 heterocycles. The normalized spacial score (nSPS) is 26.4. The molecule has 35 heavy (non-hydrogen) atoms. The number of carbonyl (C=O) groups excluding carboxylic acids is 1. The first-order chi connectivity index (χ1) is 16.9. The summed E-state index contributed by atoms with van der Waals surface area (Å²) in [4.78, 5) is 15.5. The van der Waals surface area contributed by atoms with Gasteiger partial charge in [-0.15, -0.1) is 0 Å². The molecule has 5 nitrogen and oxygen atoms in total. The van der Waals surface area contributed by atoms with Crippen LogP contribution in [-0.4, -0.2) is 42.8 Å². The van der Waals surface area contributed by atoms with Crippen LogP contribution in [0.25, 0.3) is 11.1 Å². The number of fused-ring (bicyclic) bond motifs is 4. The Labute approximate surface area is 210 Å². The van der Waals surface area contributed by atoms with Crippen LogP contribution in [0.5, 0.6) is 5.75 Å². The Hall–Kier alpha value is -2.53. The van der Waals surface area contributed by atoms with Crippen molar-refractivity contribution in [3.8, 4) is 16.9 Å². The summed E-state index contributed by atoms with van der Waals surface area (Å²) in [6.45, 7) is 11.8. The van der Waals surface area contributed by atoms with Gasteiger partial charge >= 0.3 is 6.09 Å². The third-order valence-corrected chi connectivity index (χ3v) is 8.69. The molecule has 6 rings (SSSR count). The zero-order chi connectivity index (χ0) is 24.6. The summed E-state index contributed by atoms with van der Waals surface area (Å²) in [5.41, 5.74) is 4.98. The number of hydrogen-bond donors (Lipinski definition) is 1. The van der Waals surface area contributed by atoms with E-state index in [2.05, 4.69) is 54.4 Å². The second-order valence-electron chi connectivity index (χ2n) is 11.0. The van der Waals surface area contributed by atoms with Crippen molar-refractivity contribution in [2.45, 2.75) is 78.0 Å². The van der Waals surface area contributed by atoms with Crippen molar-refractivity contribution in [2.75, 3.05) is 19.6 Å². The molecule has 1 unspecified atom stereocenters. The van der Waals surface area contributed by atoms with Crippen molar-refractivity contribution < 1.29 is 14.3 Å². The number of hydrogen-bond acceptors (Lipinski definition) is 4. The molecule has 1 amide bonds. The van der Waals surface area contributed by atoms with E-state index in [4.69, 9.17) is 9.47 Å². The minimum absolute atomic E-state index is 0.0167. The maximum atomic E-state index is 13.1. The van der Waals surface area contributed by atoms with Crippen LogP contribution >= 0.6 is 0 Å². The molecule has 188 valence electrons. The topological polar surface area (TPSA) is 50.8 Å². The van der Waals surface area contributed by atoms with Gasteiger partial charge in [-0.2, -0.15) is 0 Å². The Bertz CT molecular complexity index is 1040. The summed E-state index contributed by atoms with van der Waals surface area (Å²) in [6, 6.07) is 15.0. The molecule has 0 aromatic heterocycles. The van der Waals surface area contributed by atoms with E-state index in [1.807, 2.05) is 26.0 Å². The van der Waals surface area contributed by atoms with Crippen molar-refractivity contribution in [1.82, 2.24) is 10.2 Å². The molecule has 2 aromatic rings. The molecule has 4 aliphatic rings. The number of benzene rings is 2. The highest BCUT2D eigenvalue weighted by molar-refractivity contribution is 5.70. The molecule has 3 aliphatic heterocycles. The molecule has 0 radical (unpaired) electrons. The first-order valence-electron chi connectivity index (χ1n) is 13.5. The maximum absolute atomic E-state index is 13.1. The van der Waals surface area contributed by atoms with E-state index in [9.17, 15) is 4.79 Å². The SMILES string of the molecule is CCC1(CC)Cc2cc(-c3ccc(OC(C)C)cc3)ccc2C1NC(=O)O[C@@H]1CN2CCC1CC2. The predicted octanol–water partition coefficient (Wildman–Crippen LogP) is 6.36. The zero-order valence-electron chi connectivity index (χ0n) is 21.7. The van der Waals surface area contributed by atoms with Crippen molar-refractivity contribution in [1.29, 1.82) is 0 Å². The van der Waals surface area contributed by atoms with Gasteiger partial charge in [0, 0.05) is 6.54 Å². The van der Waals surface area contributed by atoms with Crippen LogP contribution < -0.4 is 10.1 Å². The number of piperidine rings is 3. The van der Waals surface area contributed by atoms with Gasteiger partial charge in [-0.05, 0) is 105 Å². The molecule has 2 aromatic carbocycles. The molecule has 5 heteroatoms. The third-order valence-electron chi connectivity index (χ3n) is 8.69. The van der Waals surface area contributed by atoms with E-state index < -0.39 is 0 Å². The highest BCUT2D eigenvalue weighted by atomic mass is 16.6. The summed E-state index contributed by atoms with van der Waals surface area (Å²) >= 11 is 0. The molecular formula is C30H40N2O3. The van der Waals surface area contributed by atoms with Gasteiger partial charge < -0.3 is 14.8 Å². The summed E-state index contributed by atoms with van der Waals surface area (Å²) in [6.07, 6.45) is 5.23. The predicted molar refractivity (Wildman–Crippen MR) is 140 cm³/mol. The second kappa shape index (κ2) is 9.85. The molecule has 2 bridgehead atoms. The van der Waals surface area contributed by atoms with Gasteiger partial charge in [0.15, 0.2) is 0 Å². The molecule has 3 fully saturated rings. The van der Waals surface area contributed by atoms with Crippen LogP contribution in [0.4, 0.5) is 4.79 Å². The van der Waals surface area contributed by atoms with Gasteiger partial charge in [-0.1, -0.05) is 44.2 Å². The van der Waals surface area contributed by atoms with Crippen LogP contribution in [0.3, 0.4) is 0 Å². The monoisotopic (exact) mass is 476 g/mol. The first-order valence-corrected chi connectivity index (χ1v) is 13.5. The van der Waals surface area contributed by atoms with Gasteiger partial charge in [0.05, 0.1) is 12.1 Å². The smallest absolute Gasteiger partial charge is 0.407 e. The Morgan fingerprint density at radius 1 is 1.06 bits per heavy atom. The van der Waals surface area contributed by atoms with E-state index in [1.54, 1.807) is 0 Å². The standard InChI is InChI=1S/C30H40N2O3/c1-5-30(6-2)18-24-17-23(21-7-10-25(11-8-21)34-20(3)4)9-12-26(24)28(30)31-29(33)35-27-19-32-15-13-22(27)14-16-32/h7-12,17,20,22,27-28H,5-6,13-16,18-19H2,1-4H3,(H,31,33)/t27-,28?/m1/s1. The van der Waals surface area contributed by atoms with E-state index in [0.717, 1.165) is 57.5 Å². The Morgan fingerprint density at radius 3 is 2.34 bits per heavy atom. The minimum Gasteiger partial charge on any atom is -0.491 e. The number of ether oxygens (including phenoxy) is 2. The maximum Gasteiger partial charge on any atom is 0.407 e. The third kappa shape index (κ3) is 4.80. The minimum atomic E-state index is -0.252. The van der Waals surface area contributed by atoms with E-state index in [-0.39, 0.29) is 29.8 Å². The molecule has 0 spiro atoms. The van der Waals surface area contributed by atoms with Crippen LogP contribution in [0.1, 0.15) is 70.5 Å². The van der Waals surface area contributed by atoms with Crippen LogP contribution in [0, 0.1) is 11.3 Å². The summed E-state index contributed by atoms with van der Waals surface area (Å²) in [7, 11) is 0. The lowest BCUT2D eigenvalue weighted by Crippen LogP contribution is -2.53. The molecule has 0 saturated carbocycles. The van der Waals surface area contributed by atoms with Gasteiger partial charge in [-0.25, -0.2) is 4.79 Å². The van der Waals surface area contributed by atoms with Gasteiger partial charge in [0.1, 0.15) is 11.9 Å². The number of alkyl carbamates (subject to hydrolysis) is 1. The first kappa shape index (κ1) is 24.2. The van der Waals surface area contributed by atoms with Crippen molar-refractivity contribution in [3.05, 3.63) is 53.6 Å². The van der Waals surface area contributed by atoms with Crippen molar-refractivity contribution in [2.24, 2.45) is 11.3 Å². The molecule has 3 saturated heterocycles. The number of carbonyl (C=O) groups is 1. The molecular weight excluding hydrogens is 436 g/mol. The van der Waals surface area contributed by atoms with Crippen LogP contribution in [0.2, 0.25) is 0 Å². The lowest BCUT2D eigenvalue weighted by atomic mass is 9.76. The average molecular weight is 477 g/mol. The molecule has 1 N–H and O–H groups in total. The largest absolute Gasteiger partial charge is 0.491 e. The Kier molecular flexibility index (Phi) is 6.80. The fourth-order valence-corrected chi connectivity index (χ4v) is 6.50. The fraction of sp³-hybridized carbons (Fsp3) is 0.567. The quantitative estimate of drug-likeness (QED) is 0.505. The Morgan fingerprint density at radius 2 is 1.74 bits per heavy atom.